The second kappa shape index (κ2) is 8.58. The van der Waals surface area contributed by atoms with Crippen molar-refractivity contribution in [1.29, 1.82) is 0 Å². The van der Waals surface area contributed by atoms with Crippen molar-refractivity contribution in [2.24, 2.45) is 5.92 Å². The molecule has 1 aromatic carbocycles. The smallest absolute Gasteiger partial charge is 0.415 e. The summed E-state index contributed by atoms with van der Waals surface area (Å²) >= 11 is 0. The number of hydrogen-bond donors (Lipinski definition) is 1. The van der Waals surface area contributed by atoms with Gasteiger partial charge in [-0.25, -0.2) is 9.78 Å². The molecular formula is C21H24N6O4. The Kier molecular flexibility index (Phi) is 5.70. The largest absolute Gasteiger partial charge is 0.497 e. The molecule has 0 aliphatic carbocycles. The van der Waals surface area contributed by atoms with Gasteiger partial charge in [0.15, 0.2) is 0 Å². The Morgan fingerprint density at radius 3 is 2.65 bits per heavy atom. The van der Waals surface area contributed by atoms with Crippen LogP contribution in [0.4, 0.5) is 16.6 Å². The first-order valence-corrected chi connectivity index (χ1v) is 10.00. The summed E-state index contributed by atoms with van der Waals surface area (Å²) in [5.74, 6) is 2.67. The number of ether oxygens (including phenoxy) is 2. The van der Waals surface area contributed by atoms with Gasteiger partial charge in [-0.15, -0.1) is 0 Å². The van der Waals surface area contributed by atoms with Crippen molar-refractivity contribution >= 4 is 17.9 Å². The number of carbonyl (C=O) groups is 1. The van der Waals surface area contributed by atoms with E-state index in [0.717, 1.165) is 11.3 Å². The van der Waals surface area contributed by atoms with Crippen LogP contribution in [-0.4, -0.2) is 46.0 Å². The van der Waals surface area contributed by atoms with Crippen molar-refractivity contribution in [3.05, 3.63) is 42.4 Å². The third-order valence-corrected chi connectivity index (χ3v) is 5.07. The van der Waals surface area contributed by atoms with Gasteiger partial charge in [-0.3, -0.25) is 4.90 Å². The summed E-state index contributed by atoms with van der Waals surface area (Å²) in [6.07, 6.45) is 1.19. The van der Waals surface area contributed by atoms with Crippen LogP contribution in [0.1, 0.15) is 32.7 Å². The topological polar surface area (TPSA) is 116 Å². The number of anilines is 2. The number of amides is 1. The van der Waals surface area contributed by atoms with Crippen LogP contribution < -0.4 is 15.0 Å². The third kappa shape index (κ3) is 4.27. The van der Waals surface area contributed by atoms with E-state index >= 15 is 0 Å². The maximum absolute atomic E-state index is 12.2. The molecule has 10 nitrogen and oxygen atoms in total. The highest BCUT2D eigenvalue weighted by molar-refractivity contribution is 5.89. The number of nitrogens with one attached hydrogen (secondary N) is 1. The fourth-order valence-corrected chi connectivity index (χ4v) is 3.27. The molecule has 31 heavy (non-hydrogen) atoms. The highest BCUT2D eigenvalue weighted by Gasteiger charge is 2.37. The summed E-state index contributed by atoms with van der Waals surface area (Å²) < 4.78 is 15.8. The van der Waals surface area contributed by atoms with E-state index < -0.39 is 6.09 Å². The van der Waals surface area contributed by atoms with Crippen molar-refractivity contribution in [1.82, 2.24) is 20.1 Å². The number of carbonyl (C=O) groups excluding carboxylic acids is 1. The van der Waals surface area contributed by atoms with Crippen molar-refractivity contribution in [2.75, 3.05) is 23.9 Å². The Morgan fingerprint density at radius 1 is 1.16 bits per heavy atom. The molecule has 1 aliphatic heterocycles. The van der Waals surface area contributed by atoms with Gasteiger partial charge in [-0.2, -0.15) is 9.97 Å². The molecule has 0 radical (unpaired) electrons. The second-order valence-electron chi connectivity index (χ2n) is 7.55. The van der Waals surface area contributed by atoms with Gasteiger partial charge in [0.1, 0.15) is 24.2 Å². The van der Waals surface area contributed by atoms with Crippen LogP contribution in [0, 0.1) is 5.92 Å². The lowest BCUT2D eigenvalue weighted by Crippen LogP contribution is -2.37. The number of methoxy groups -OCH3 is 1. The van der Waals surface area contributed by atoms with Crippen molar-refractivity contribution in [3.63, 3.8) is 0 Å². The summed E-state index contributed by atoms with van der Waals surface area (Å²) in [6.45, 7) is 6.29. The first-order chi connectivity index (χ1) is 15.0. The minimum absolute atomic E-state index is 0.0735. The zero-order valence-electron chi connectivity index (χ0n) is 17.8. The molecule has 0 unspecified atom stereocenters. The zero-order valence-corrected chi connectivity index (χ0v) is 17.8. The Hall–Kier alpha value is -3.69. The van der Waals surface area contributed by atoms with Crippen LogP contribution in [0.5, 0.6) is 5.75 Å². The number of nitrogens with zero attached hydrogens (tertiary/aromatic N) is 5. The Bertz CT molecular complexity index is 1050. The predicted octanol–water partition coefficient (Wildman–Crippen LogP) is 3.69. The minimum Gasteiger partial charge on any atom is -0.497 e. The molecule has 1 N–H and O–H groups in total. The van der Waals surface area contributed by atoms with Gasteiger partial charge >= 0.3 is 6.09 Å². The molecule has 0 bridgehead atoms. The molecule has 162 valence electrons. The quantitative estimate of drug-likeness (QED) is 0.606. The summed E-state index contributed by atoms with van der Waals surface area (Å²) in [5.41, 5.74) is 0.813. The maximum Gasteiger partial charge on any atom is 0.415 e. The average molecular weight is 424 g/mol. The van der Waals surface area contributed by atoms with Crippen LogP contribution in [0.3, 0.4) is 0 Å². The van der Waals surface area contributed by atoms with E-state index in [4.69, 9.17) is 14.0 Å². The molecule has 1 fully saturated rings. The van der Waals surface area contributed by atoms with Gasteiger partial charge in [-0.05, 0) is 43.2 Å². The van der Waals surface area contributed by atoms with Crippen LogP contribution in [0.15, 0.2) is 41.1 Å². The van der Waals surface area contributed by atoms with Crippen LogP contribution >= 0.6 is 0 Å². The summed E-state index contributed by atoms with van der Waals surface area (Å²) in [6, 6.07) is 8.65. The first kappa shape index (κ1) is 20.6. The fraction of sp³-hybridized carbons (Fsp3) is 0.381. The number of cyclic esters (lactones) is 1. The Labute approximate surface area is 179 Å². The van der Waals surface area contributed by atoms with Crippen molar-refractivity contribution in [3.8, 4) is 17.1 Å². The van der Waals surface area contributed by atoms with E-state index in [1.807, 2.05) is 45.0 Å². The molecule has 2 atom stereocenters. The van der Waals surface area contributed by atoms with Gasteiger partial charge in [0.2, 0.25) is 17.7 Å². The highest BCUT2D eigenvalue weighted by atomic mass is 16.6. The van der Waals surface area contributed by atoms with E-state index in [1.165, 1.54) is 0 Å². The van der Waals surface area contributed by atoms with Gasteiger partial charge < -0.3 is 19.3 Å². The van der Waals surface area contributed by atoms with Gasteiger partial charge in [-0.1, -0.05) is 19.0 Å². The number of aromatic nitrogens is 4. The third-order valence-electron chi connectivity index (χ3n) is 5.07. The van der Waals surface area contributed by atoms with Crippen LogP contribution in [0.25, 0.3) is 11.4 Å². The fourth-order valence-electron chi connectivity index (χ4n) is 3.27. The van der Waals surface area contributed by atoms with E-state index in [1.54, 1.807) is 24.3 Å². The van der Waals surface area contributed by atoms with Crippen molar-refractivity contribution in [2.45, 2.75) is 32.9 Å². The van der Waals surface area contributed by atoms with E-state index in [9.17, 15) is 4.79 Å². The summed E-state index contributed by atoms with van der Waals surface area (Å²) in [4.78, 5) is 27.0. The minimum atomic E-state index is -0.405. The average Bonchev–Trinajstić information content (AvgIpc) is 3.41. The summed E-state index contributed by atoms with van der Waals surface area (Å²) in [7, 11) is 1.61. The van der Waals surface area contributed by atoms with E-state index in [-0.39, 0.29) is 18.0 Å². The van der Waals surface area contributed by atoms with Gasteiger partial charge in [0.25, 0.3) is 0 Å². The lowest BCUT2D eigenvalue weighted by atomic mass is 10.0. The van der Waals surface area contributed by atoms with Crippen LogP contribution in [0.2, 0.25) is 0 Å². The molecule has 2 aromatic heterocycles. The Balaban J connectivity index is 1.49. The monoisotopic (exact) mass is 424 g/mol. The molecule has 0 saturated carbocycles. The first-order valence-electron chi connectivity index (χ1n) is 10.00. The molecule has 1 amide bonds. The lowest BCUT2D eigenvalue weighted by Gasteiger charge is -2.23. The SMILES string of the molecule is COc1ccc(-c2noc([C@@H](C)Nc3nccc(N4C(=O)OC[C@@H]4C(C)C)n3)n2)cc1. The molecule has 3 heterocycles. The van der Waals surface area contributed by atoms with Crippen molar-refractivity contribution < 1.29 is 18.8 Å². The number of rotatable bonds is 7. The number of hydrogen-bond acceptors (Lipinski definition) is 9. The van der Waals surface area contributed by atoms with Crippen LogP contribution in [-0.2, 0) is 4.74 Å². The molecule has 3 aromatic rings. The van der Waals surface area contributed by atoms with E-state index in [0.29, 0.717) is 30.1 Å². The van der Waals surface area contributed by atoms with Gasteiger partial charge in [0, 0.05) is 11.8 Å². The predicted molar refractivity (Wildman–Crippen MR) is 113 cm³/mol. The standard InChI is InChI=1S/C21H24N6O4/c1-12(2)16-11-30-21(28)27(16)17-9-10-22-20(24-17)23-13(3)19-25-18(26-31-19)14-5-7-15(29-4)8-6-14/h5-10,12-13,16H,11H2,1-4H3,(H,22,23,24)/t13-,16-/m1/s1. The zero-order chi connectivity index (χ0) is 22.0. The molecule has 1 aliphatic rings. The van der Waals surface area contributed by atoms with Gasteiger partial charge in [0.05, 0.1) is 13.2 Å². The second-order valence-corrected chi connectivity index (χ2v) is 7.55. The van der Waals surface area contributed by atoms with E-state index in [2.05, 4.69) is 25.4 Å². The maximum atomic E-state index is 12.2. The molecule has 0 spiro atoms. The molecule has 1 saturated heterocycles. The number of benzene rings is 1. The normalized spacial score (nSPS) is 17.0. The Morgan fingerprint density at radius 2 is 1.94 bits per heavy atom. The summed E-state index contributed by atoms with van der Waals surface area (Å²) in [5, 5.41) is 7.19. The molecular weight excluding hydrogens is 400 g/mol. The molecule has 4 rings (SSSR count). The molecule has 10 heteroatoms. The lowest BCUT2D eigenvalue weighted by molar-refractivity contribution is 0.177. The highest BCUT2D eigenvalue weighted by Crippen LogP contribution is 2.27.